The summed E-state index contributed by atoms with van der Waals surface area (Å²) in [5.41, 5.74) is 0.199. The van der Waals surface area contributed by atoms with Gasteiger partial charge in [-0.2, -0.15) is 0 Å². The predicted molar refractivity (Wildman–Crippen MR) is 58.4 cm³/mol. The van der Waals surface area contributed by atoms with E-state index in [1.807, 2.05) is 24.3 Å². The van der Waals surface area contributed by atoms with E-state index in [1.54, 1.807) is 0 Å². The van der Waals surface area contributed by atoms with Gasteiger partial charge in [-0.15, -0.1) is 0 Å². The molecule has 0 aliphatic heterocycles. The zero-order chi connectivity index (χ0) is 10.2. The molecule has 0 spiro atoms. The second kappa shape index (κ2) is 3.56. The van der Waals surface area contributed by atoms with Crippen LogP contribution in [-0.4, -0.2) is 5.11 Å². The maximum absolute atomic E-state index is 10.5. The van der Waals surface area contributed by atoms with E-state index >= 15 is 0 Å². The molecule has 1 fully saturated rings. The van der Waals surface area contributed by atoms with Crippen LogP contribution in [0.3, 0.4) is 0 Å². The first-order chi connectivity index (χ1) is 6.64. The standard InChI is InChI=1S/C12H15ClO/c1-9-5-4-8-12(9,14)10-6-2-3-7-11(10)13/h2-3,6-7,9,14H,4-5,8H2,1H3. The maximum atomic E-state index is 10.5. The summed E-state index contributed by atoms with van der Waals surface area (Å²) in [5, 5.41) is 11.2. The fourth-order valence-electron chi connectivity index (χ4n) is 2.38. The monoisotopic (exact) mass is 210 g/mol. The van der Waals surface area contributed by atoms with Crippen molar-refractivity contribution in [3.05, 3.63) is 34.9 Å². The van der Waals surface area contributed by atoms with Crippen LogP contribution in [0.5, 0.6) is 0 Å². The third-order valence-electron chi connectivity index (χ3n) is 3.35. The molecule has 14 heavy (non-hydrogen) atoms. The Morgan fingerprint density at radius 1 is 1.43 bits per heavy atom. The van der Waals surface area contributed by atoms with E-state index in [4.69, 9.17) is 11.6 Å². The van der Waals surface area contributed by atoms with Crippen molar-refractivity contribution < 1.29 is 5.11 Å². The fraction of sp³-hybridized carbons (Fsp3) is 0.500. The van der Waals surface area contributed by atoms with Gasteiger partial charge in [-0.1, -0.05) is 36.7 Å². The number of hydrogen-bond donors (Lipinski definition) is 1. The Hall–Kier alpha value is -0.530. The molecule has 0 bridgehead atoms. The lowest BCUT2D eigenvalue weighted by molar-refractivity contribution is 0.00459. The van der Waals surface area contributed by atoms with Crippen LogP contribution in [0.4, 0.5) is 0 Å². The Morgan fingerprint density at radius 2 is 2.14 bits per heavy atom. The highest BCUT2D eigenvalue weighted by Crippen LogP contribution is 2.45. The van der Waals surface area contributed by atoms with Gasteiger partial charge < -0.3 is 5.11 Å². The first kappa shape index (κ1) is 10.0. The van der Waals surface area contributed by atoms with Crippen LogP contribution in [0, 0.1) is 5.92 Å². The number of aliphatic hydroxyl groups is 1. The number of rotatable bonds is 1. The zero-order valence-electron chi connectivity index (χ0n) is 8.33. The van der Waals surface area contributed by atoms with Crippen molar-refractivity contribution in [3.8, 4) is 0 Å². The molecule has 0 amide bonds. The van der Waals surface area contributed by atoms with Gasteiger partial charge in [-0.3, -0.25) is 0 Å². The molecular weight excluding hydrogens is 196 g/mol. The first-order valence-electron chi connectivity index (χ1n) is 5.12. The fourth-order valence-corrected chi connectivity index (χ4v) is 2.67. The largest absolute Gasteiger partial charge is 0.385 e. The number of halogens is 1. The summed E-state index contributed by atoms with van der Waals surface area (Å²) in [6.07, 6.45) is 3.00. The molecule has 2 heteroatoms. The summed E-state index contributed by atoms with van der Waals surface area (Å²) >= 11 is 6.10. The van der Waals surface area contributed by atoms with E-state index in [9.17, 15) is 5.11 Å². The first-order valence-corrected chi connectivity index (χ1v) is 5.50. The van der Waals surface area contributed by atoms with Crippen LogP contribution < -0.4 is 0 Å². The summed E-state index contributed by atoms with van der Waals surface area (Å²) in [6.45, 7) is 2.09. The minimum Gasteiger partial charge on any atom is -0.385 e. The molecular formula is C12H15ClO. The van der Waals surface area contributed by atoms with E-state index in [-0.39, 0.29) is 0 Å². The van der Waals surface area contributed by atoms with Gasteiger partial charge in [0.25, 0.3) is 0 Å². The molecule has 1 aromatic rings. The lowest BCUT2D eigenvalue weighted by Crippen LogP contribution is -2.28. The van der Waals surface area contributed by atoms with E-state index in [0.717, 1.165) is 24.8 Å². The van der Waals surface area contributed by atoms with Gasteiger partial charge in [0.15, 0.2) is 0 Å². The minimum absolute atomic E-state index is 0.308. The molecule has 2 atom stereocenters. The molecule has 1 nitrogen and oxygen atoms in total. The zero-order valence-corrected chi connectivity index (χ0v) is 9.09. The number of benzene rings is 1. The van der Waals surface area contributed by atoms with Crippen LogP contribution in [0.1, 0.15) is 31.7 Å². The molecule has 0 saturated heterocycles. The smallest absolute Gasteiger partial charge is 0.0936 e. The molecule has 0 radical (unpaired) electrons. The lowest BCUT2D eigenvalue weighted by atomic mass is 9.85. The highest BCUT2D eigenvalue weighted by molar-refractivity contribution is 6.31. The van der Waals surface area contributed by atoms with E-state index in [1.165, 1.54) is 0 Å². The molecule has 1 aliphatic rings. The average Bonchev–Trinajstić information content (AvgIpc) is 2.49. The summed E-state index contributed by atoms with van der Waals surface area (Å²) in [6, 6.07) is 7.61. The summed E-state index contributed by atoms with van der Waals surface area (Å²) in [7, 11) is 0. The van der Waals surface area contributed by atoms with Crippen molar-refractivity contribution in [3.63, 3.8) is 0 Å². The van der Waals surface area contributed by atoms with E-state index in [2.05, 4.69) is 6.92 Å². The Balaban J connectivity index is 2.43. The third kappa shape index (κ3) is 1.45. The Labute approximate surface area is 89.7 Å². The quantitative estimate of drug-likeness (QED) is 0.754. The highest BCUT2D eigenvalue weighted by Gasteiger charge is 2.40. The Bertz CT molecular complexity index is 337. The normalized spacial score (nSPS) is 32.1. The summed E-state index contributed by atoms with van der Waals surface area (Å²) < 4.78 is 0. The second-order valence-electron chi connectivity index (χ2n) is 4.20. The van der Waals surface area contributed by atoms with Crippen LogP contribution in [0.2, 0.25) is 5.02 Å². The second-order valence-corrected chi connectivity index (χ2v) is 4.60. The van der Waals surface area contributed by atoms with Crippen molar-refractivity contribution in [2.75, 3.05) is 0 Å². The van der Waals surface area contributed by atoms with E-state index in [0.29, 0.717) is 10.9 Å². The molecule has 1 aliphatic carbocycles. The highest BCUT2D eigenvalue weighted by atomic mass is 35.5. The molecule has 1 aromatic carbocycles. The molecule has 0 aromatic heterocycles. The Kier molecular flexibility index (Phi) is 2.54. The lowest BCUT2D eigenvalue weighted by Gasteiger charge is -2.29. The molecule has 2 unspecified atom stereocenters. The van der Waals surface area contributed by atoms with Gasteiger partial charge in [0.1, 0.15) is 0 Å². The molecule has 1 saturated carbocycles. The van der Waals surface area contributed by atoms with Crippen LogP contribution in [0.15, 0.2) is 24.3 Å². The van der Waals surface area contributed by atoms with Crippen LogP contribution in [-0.2, 0) is 5.60 Å². The number of hydrogen-bond acceptors (Lipinski definition) is 1. The van der Waals surface area contributed by atoms with Crippen molar-refractivity contribution in [1.82, 2.24) is 0 Å². The van der Waals surface area contributed by atoms with Crippen LogP contribution in [0.25, 0.3) is 0 Å². The average molecular weight is 211 g/mol. The van der Waals surface area contributed by atoms with Crippen molar-refractivity contribution in [2.45, 2.75) is 31.8 Å². The van der Waals surface area contributed by atoms with Gasteiger partial charge in [0.05, 0.1) is 5.60 Å². The van der Waals surface area contributed by atoms with Gasteiger partial charge in [0.2, 0.25) is 0 Å². The van der Waals surface area contributed by atoms with Gasteiger partial charge in [-0.05, 0) is 31.2 Å². The van der Waals surface area contributed by atoms with Gasteiger partial charge >= 0.3 is 0 Å². The minimum atomic E-state index is -0.696. The molecule has 0 heterocycles. The SMILES string of the molecule is CC1CCCC1(O)c1ccccc1Cl. The molecule has 76 valence electrons. The maximum Gasteiger partial charge on any atom is 0.0936 e. The van der Waals surface area contributed by atoms with Crippen LogP contribution >= 0.6 is 11.6 Å². The predicted octanol–water partition coefficient (Wildman–Crippen LogP) is 3.35. The van der Waals surface area contributed by atoms with Gasteiger partial charge in [0, 0.05) is 10.6 Å². The Morgan fingerprint density at radius 3 is 2.71 bits per heavy atom. The summed E-state index contributed by atoms with van der Waals surface area (Å²) in [5.74, 6) is 0.308. The van der Waals surface area contributed by atoms with Crippen molar-refractivity contribution >= 4 is 11.6 Å². The van der Waals surface area contributed by atoms with E-state index < -0.39 is 5.60 Å². The molecule has 1 N–H and O–H groups in total. The topological polar surface area (TPSA) is 20.2 Å². The van der Waals surface area contributed by atoms with Gasteiger partial charge in [-0.25, -0.2) is 0 Å². The van der Waals surface area contributed by atoms with Crippen molar-refractivity contribution in [1.29, 1.82) is 0 Å². The molecule has 2 rings (SSSR count). The third-order valence-corrected chi connectivity index (χ3v) is 3.68. The summed E-state index contributed by atoms with van der Waals surface area (Å²) in [4.78, 5) is 0. The van der Waals surface area contributed by atoms with Crippen molar-refractivity contribution in [2.24, 2.45) is 5.92 Å².